The monoisotopic (exact) mass is 737 g/mol. The molecular weight excluding hydrogens is 694 g/mol. The fourth-order valence-corrected chi connectivity index (χ4v) is 6.42. The van der Waals surface area contributed by atoms with Crippen molar-refractivity contribution < 1.29 is 39.6 Å². The molecule has 1 aromatic heterocycles. The summed E-state index contributed by atoms with van der Waals surface area (Å²) in [5, 5.41) is 46.8. The second-order valence-corrected chi connectivity index (χ2v) is 13.9. The SMILES string of the molecule is CC(C)=C(NC(=O)C1N(C(=O)C(NC(=O)c2ccc(O)c(-c3c(C(C)C)cnc4ccccc34)c2)C(Cl)C(O)CN=C(N)N)CCC1(C)O)C(=O)O. The number of guanidine groups is 1. The molecule has 0 aliphatic carbocycles. The topological polar surface area (TPSA) is 254 Å². The number of nitrogens with one attached hydrogen (secondary N) is 2. The lowest BCUT2D eigenvalue weighted by Crippen LogP contribution is -2.61. The number of aliphatic hydroxyl groups excluding tert-OH is 1. The minimum absolute atomic E-state index is 0.0131. The first-order valence-corrected chi connectivity index (χ1v) is 16.9. The molecule has 10 N–H and O–H groups in total. The van der Waals surface area contributed by atoms with Crippen LogP contribution in [0.4, 0.5) is 0 Å². The summed E-state index contributed by atoms with van der Waals surface area (Å²) < 4.78 is 0. The average molecular weight is 738 g/mol. The predicted molar refractivity (Wildman–Crippen MR) is 195 cm³/mol. The lowest BCUT2D eigenvalue weighted by atomic mass is 9.89. The molecule has 3 amide bonds. The third-order valence-corrected chi connectivity index (χ3v) is 9.45. The highest BCUT2D eigenvalue weighted by Crippen LogP contribution is 2.40. The van der Waals surface area contributed by atoms with Gasteiger partial charge in [0.25, 0.3) is 5.91 Å². The molecule has 5 unspecified atom stereocenters. The van der Waals surface area contributed by atoms with Crippen molar-refractivity contribution in [3.8, 4) is 16.9 Å². The number of nitrogens with zero attached hydrogens (tertiary/aromatic N) is 3. The molecule has 1 aliphatic heterocycles. The van der Waals surface area contributed by atoms with Crippen molar-refractivity contribution in [1.29, 1.82) is 0 Å². The Labute approximate surface area is 305 Å². The fraction of sp³-hybridized carbons (Fsp3) is 0.389. The minimum Gasteiger partial charge on any atom is -0.507 e. The van der Waals surface area contributed by atoms with E-state index in [4.69, 9.17) is 23.1 Å². The molecule has 0 radical (unpaired) electrons. The number of allylic oxidation sites excluding steroid dienone is 1. The number of aromatic nitrogens is 1. The first kappa shape index (κ1) is 39.5. The van der Waals surface area contributed by atoms with Crippen LogP contribution in [0.2, 0.25) is 0 Å². The Morgan fingerprint density at radius 3 is 2.42 bits per heavy atom. The van der Waals surface area contributed by atoms with Crippen molar-refractivity contribution in [3.63, 3.8) is 0 Å². The van der Waals surface area contributed by atoms with Gasteiger partial charge in [0.05, 0.1) is 29.1 Å². The number of hydrogen-bond acceptors (Lipinski definition) is 9. The molecule has 2 heterocycles. The van der Waals surface area contributed by atoms with Crippen LogP contribution in [-0.2, 0) is 14.4 Å². The van der Waals surface area contributed by atoms with Crippen molar-refractivity contribution in [2.45, 2.75) is 76.1 Å². The molecule has 16 heteroatoms. The number of aliphatic carboxylic acids is 1. The van der Waals surface area contributed by atoms with Crippen LogP contribution in [0.15, 0.2) is 64.9 Å². The van der Waals surface area contributed by atoms with Gasteiger partial charge in [0.2, 0.25) is 11.8 Å². The van der Waals surface area contributed by atoms with Gasteiger partial charge >= 0.3 is 5.97 Å². The van der Waals surface area contributed by atoms with Crippen molar-refractivity contribution in [3.05, 3.63) is 71.1 Å². The number of rotatable bonds is 12. The molecular formula is C36H44ClN7O8. The highest BCUT2D eigenvalue weighted by atomic mass is 35.5. The number of carbonyl (C=O) groups excluding carboxylic acids is 3. The molecule has 52 heavy (non-hydrogen) atoms. The van der Waals surface area contributed by atoms with E-state index in [0.717, 1.165) is 15.8 Å². The highest BCUT2D eigenvalue weighted by molar-refractivity contribution is 6.23. The van der Waals surface area contributed by atoms with Gasteiger partial charge in [-0.05, 0) is 74.1 Å². The van der Waals surface area contributed by atoms with Gasteiger partial charge < -0.3 is 47.4 Å². The van der Waals surface area contributed by atoms with Crippen molar-refractivity contribution in [2.75, 3.05) is 13.1 Å². The summed E-state index contributed by atoms with van der Waals surface area (Å²) in [6.45, 7) is 7.57. The largest absolute Gasteiger partial charge is 0.507 e. The summed E-state index contributed by atoms with van der Waals surface area (Å²) >= 11 is 6.67. The third kappa shape index (κ3) is 8.44. The number of carboxylic acids is 1. The number of alkyl halides is 1. The number of phenolic OH excluding ortho intramolecular Hbond substituents is 1. The number of carboxylic acid groups (broad SMARTS) is 1. The zero-order valence-electron chi connectivity index (χ0n) is 29.4. The molecule has 15 nitrogen and oxygen atoms in total. The smallest absolute Gasteiger partial charge is 0.352 e. The van der Waals surface area contributed by atoms with E-state index in [9.17, 15) is 39.6 Å². The number of nitrogens with two attached hydrogens (primary N) is 2. The van der Waals surface area contributed by atoms with Gasteiger partial charge in [0.15, 0.2) is 5.96 Å². The summed E-state index contributed by atoms with van der Waals surface area (Å²) in [6, 6.07) is 8.16. The molecule has 2 aromatic carbocycles. The van der Waals surface area contributed by atoms with E-state index in [-0.39, 0.29) is 41.7 Å². The van der Waals surface area contributed by atoms with Gasteiger partial charge in [-0.25, -0.2) is 4.79 Å². The van der Waals surface area contributed by atoms with Crippen molar-refractivity contribution >= 4 is 52.2 Å². The standard InChI is InChI=1S/C36H44ClN7O8/c1-17(2)22-15-40-23-9-7-6-8-20(23)26(22)21-14-19(10-11-24(21)45)31(47)43-29(27(37)25(46)16-41-35(38)39)33(49)44-13-12-36(5,52)30(44)32(48)42-28(18(3)4)34(50)51/h6-11,14-15,17,25,27,29-30,45-46,52H,12-13,16H2,1-5H3,(H,42,48)(H,43,47)(H,50,51)(H4,38,39,41). The predicted octanol–water partition coefficient (Wildman–Crippen LogP) is 1.92. The second-order valence-electron chi connectivity index (χ2n) is 13.4. The van der Waals surface area contributed by atoms with Gasteiger partial charge in [-0.3, -0.25) is 24.4 Å². The second kappa shape index (κ2) is 16.0. The maximum atomic E-state index is 14.3. The van der Waals surface area contributed by atoms with E-state index < -0.39 is 65.1 Å². The number of halogens is 1. The molecule has 1 fully saturated rings. The van der Waals surface area contributed by atoms with Crippen LogP contribution in [0.25, 0.3) is 22.0 Å². The minimum atomic E-state index is -1.81. The third-order valence-electron chi connectivity index (χ3n) is 8.91. The molecule has 4 rings (SSSR count). The summed E-state index contributed by atoms with van der Waals surface area (Å²) in [6.07, 6.45) is 0.0377. The number of fused-ring (bicyclic) bond motifs is 1. The zero-order valence-corrected chi connectivity index (χ0v) is 30.2. The van der Waals surface area contributed by atoms with Crippen LogP contribution < -0.4 is 22.1 Å². The molecule has 5 atom stereocenters. The van der Waals surface area contributed by atoms with E-state index in [0.29, 0.717) is 16.6 Å². The van der Waals surface area contributed by atoms with E-state index in [2.05, 4.69) is 20.6 Å². The molecule has 1 saturated heterocycles. The van der Waals surface area contributed by atoms with Crippen LogP contribution in [0.3, 0.4) is 0 Å². The van der Waals surface area contributed by atoms with Crippen LogP contribution in [-0.4, -0.2) is 102 Å². The maximum Gasteiger partial charge on any atom is 0.352 e. The normalized spacial score (nSPS) is 18.7. The number of carbonyl (C=O) groups is 4. The van der Waals surface area contributed by atoms with Gasteiger partial charge in [-0.15, -0.1) is 11.6 Å². The Morgan fingerprint density at radius 2 is 1.81 bits per heavy atom. The zero-order chi connectivity index (χ0) is 38.7. The summed E-state index contributed by atoms with van der Waals surface area (Å²) in [5.74, 6) is -4.68. The Hall–Kier alpha value is -5.25. The molecule has 0 saturated carbocycles. The van der Waals surface area contributed by atoms with E-state index in [1.807, 2.05) is 38.1 Å². The Morgan fingerprint density at radius 1 is 1.13 bits per heavy atom. The fourth-order valence-electron chi connectivity index (χ4n) is 6.17. The summed E-state index contributed by atoms with van der Waals surface area (Å²) in [4.78, 5) is 62.9. The van der Waals surface area contributed by atoms with Crippen LogP contribution >= 0.6 is 11.6 Å². The molecule has 278 valence electrons. The van der Waals surface area contributed by atoms with Gasteiger partial charge in [0.1, 0.15) is 23.5 Å². The number of para-hydroxylation sites is 1. The summed E-state index contributed by atoms with van der Waals surface area (Å²) in [5.41, 5.74) is 11.3. The lowest BCUT2D eigenvalue weighted by molar-refractivity contribution is -0.145. The van der Waals surface area contributed by atoms with Crippen LogP contribution in [0.1, 0.15) is 62.9 Å². The Bertz CT molecular complexity index is 1940. The highest BCUT2D eigenvalue weighted by Gasteiger charge is 2.52. The van der Waals surface area contributed by atoms with Crippen molar-refractivity contribution in [1.82, 2.24) is 20.5 Å². The number of benzene rings is 2. The number of aliphatic hydroxyl groups is 2. The van der Waals surface area contributed by atoms with E-state index in [1.54, 1.807) is 6.20 Å². The Balaban J connectivity index is 1.76. The number of pyridine rings is 1. The molecule has 0 bridgehead atoms. The number of phenols is 1. The van der Waals surface area contributed by atoms with Gasteiger partial charge in [-0.1, -0.05) is 32.0 Å². The van der Waals surface area contributed by atoms with Crippen LogP contribution in [0, 0.1) is 0 Å². The first-order valence-electron chi connectivity index (χ1n) is 16.5. The van der Waals surface area contributed by atoms with Gasteiger partial charge in [0, 0.05) is 29.3 Å². The number of aliphatic imine (C=N–C) groups is 1. The maximum absolute atomic E-state index is 14.3. The Kier molecular flexibility index (Phi) is 12.1. The van der Waals surface area contributed by atoms with E-state index in [1.165, 1.54) is 39.0 Å². The lowest BCUT2D eigenvalue weighted by Gasteiger charge is -2.34. The van der Waals surface area contributed by atoms with Gasteiger partial charge in [-0.2, -0.15) is 0 Å². The van der Waals surface area contributed by atoms with Crippen LogP contribution in [0.5, 0.6) is 5.75 Å². The number of amides is 3. The average Bonchev–Trinajstić information content (AvgIpc) is 3.41. The molecule has 0 spiro atoms. The number of aromatic hydroxyl groups is 1. The number of likely N-dealkylation sites (tertiary alicyclic amines) is 1. The van der Waals surface area contributed by atoms with Crippen molar-refractivity contribution in [2.24, 2.45) is 16.5 Å². The molecule has 1 aliphatic rings. The quantitative estimate of drug-likeness (QED) is 0.0577. The van der Waals surface area contributed by atoms with E-state index >= 15 is 0 Å². The number of hydrogen-bond donors (Lipinski definition) is 8. The first-order chi connectivity index (χ1) is 24.3. The summed E-state index contributed by atoms with van der Waals surface area (Å²) in [7, 11) is 0. The molecule has 3 aromatic rings.